The van der Waals surface area contributed by atoms with Gasteiger partial charge in [0.15, 0.2) is 0 Å². The summed E-state index contributed by atoms with van der Waals surface area (Å²) in [6, 6.07) is 0.867. The number of hydrogen-bond donors (Lipinski definition) is 1. The van der Waals surface area contributed by atoms with Gasteiger partial charge in [-0.3, -0.25) is 4.90 Å². The lowest BCUT2D eigenvalue weighted by Gasteiger charge is -2.37. The van der Waals surface area contributed by atoms with E-state index in [2.05, 4.69) is 28.4 Å². The van der Waals surface area contributed by atoms with Gasteiger partial charge in [0.1, 0.15) is 0 Å². The molecule has 1 aliphatic heterocycles. The van der Waals surface area contributed by atoms with Crippen molar-refractivity contribution in [1.29, 1.82) is 0 Å². The lowest BCUT2D eigenvalue weighted by atomic mass is 9.91. The molecule has 2 aliphatic carbocycles. The molecule has 0 spiro atoms. The summed E-state index contributed by atoms with van der Waals surface area (Å²) in [5, 5.41) is 10.1. The van der Waals surface area contributed by atoms with Crippen molar-refractivity contribution in [2.75, 3.05) is 26.2 Å². The zero-order valence-corrected chi connectivity index (χ0v) is 13.3. The fraction of sp³-hybridized carbons (Fsp3) is 0.722. The Kier molecular flexibility index (Phi) is 5.02. The number of hydrogen-bond acceptors (Lipinski definition) is 3. The summed E-state index contributed by atoms with van der Waals surface area (Å²) in [5.41, 5.74) is 2.44. The van der Waals surface area contributed by atoms with Gasteiger partial charge in [-0.05, 0) is 43.8 Å². The lowest BCUT2D eigenvalue weighted by Crippen LogP contribution is -2.42. The Morgan fingerprint density at radius 2 is 2.05 bits per heavy atom. The van der Waals surface area contributed by atoms with Crippen LogP contribution in [0.2, 0.25) is 0 Å². The minimum Gasteiger partial charge on any atom is -0.388 e. The standard InChI is InChI=1S/C18H29N2O/c1-2-18(21)15-6-3-9-17(14-15)20-11-5-10-19(12-13-20)16-7-4-8-16/h6,9,14,16,18,21H,2-5,7-8,10-13H2,1H3. The zero-order valence-electron chi connectivity index (χ0n) is 13.3. The highest BCUT2D eigenvalue weighted by Gasteiger charge is 2.27. The quantitative estimate of drug-likeness (QED) is 0.862. The van der Waals surface area contributed by atoms with Crippen LogP contribution in [-0.4, -0.2) is 53.2 Å². The average Bonchev–Trinajstić information content (AvgIpc) is 2.71. The summed E-state index contributed by atoms with van der Waals surface area (Å²) in [6.45, 7) is 6.79. The largest absolute Gasteiger partial charge is 0.388 e. The van der Waals surface area contributed by atoms with Gasteiger partial charge in [0.05, 0.1) is 6.10 Å². The van der Waals surface area contributed by atoms with E-state index >= 15 is 0 Å². The normalized spacial score (nSPS) is 26.7. The van der Waals surface area contributed by atoms with Crippen LogP contribution < -0.4 is 0 Å². The van der Waals surface area contributed by atoms with E-state index in [-0.39, 0.29) is 6.10 Å². The Labute approximate surface area is 129 Å². The molecule has 117 valence electrons. The molecule has 0 bridgehead atoms. The van der Waals surface area contributed by atoms with Gasteiger partial charge in [0, 0.05) is 44.3 Å². The van der Waals surface area contributed by atoms with Crippen molar-refractivity contribution < 1.29 is 5.11 Å². The summed E-state index contributed by atoms with van der Waals surface area (Å²) < 4.78 is 0. The highest BCUT2D eigenvalue weighted by molar-refractivity contribution is 5.35. The summed E-state index contributed by atoms with van der Waals surface area (Å²) in [4.78, 5) is 5.22. The van der Waals surface area contributed by atoms with Gasteiger partial charge in [0.25, 0.3) is 0 Å². The molecule has 1 unspecified atom stereocenters. The molecule has 2 fully saturated rings. The topological polar surface area (TPSA) is 26.7 Å². The predicted octanol–water partition coefficient (Wildman–Crippen LogP) is 2.74. The molecule has 0 aromatic heterocycles. The van der Waals surface area contributed by atoms with E-state index in [9.17, 15) is 5.11 Å². The van der Waals surface area contributed by atoms with Crippen molar-refractivity contribution in [3.8, 4) is 0 Å². The molecule has 0 aromatic carbocycles. The summed E-state index contributed by atoms with van der Waals surface area (Å²) in [5.74, 6) is 0. The van der Waals surface area contributed by atoms with E-state index < -0.39 is 0 Å². The van der Waals surface area contributed by atoms with Crippen molar-refractivity contribution >= 4 is 0 Å². The Morgan fingerprint density at radius 1 is 1.19 bits per heavy atom. The molecule has 1 heterocycles. The van der Waals surface area contributed by atoms with Crippen molar-refractivity contribution in [2.24, 2.45) is 0 Å². The first-order valence-corrected chi connectivity index (χ1v) is 8.70. The molecule has 21 heavy (non-hydrogen) atoms. The third-order valence-corrected chi connectivity index (χ3v) is 5.25. The first-order chi connectivity index (χ1) is 10.3. The molecule has 1 radical (unpaired) electrons. The maximum Gasteiger partial charge on any atom is 0.0785 e. The van der Waals surface area contributed by atoms with Crippen LogP contribution in [0.3, 0.4) is 0 Å². The second kappa shape index (κ2) is 6.97. The monoisotopic (exact) mass is 289 g/mol. The van der Waals surface area contributed by atoms with E-state index in [1.165, 1.54) is 44.5 Å². The molecule has 1 saturated heterocycles. The van der Waals surface area contributed by atoms with Gasteiger partial charge in [0.2, 0.25) is 0 Å². The molecule has 1 atom stereocenters. The van der Waals surface area contributed by atoms with E-state index in [4.69, 9.17) is 0 Å². The molecule has 1 N–H and O–H groups in total. The minimum atomic E-state index is -0.299. The molecule has 0 aromatic rings. The maximum atomic E-state index is 10.1. The van der Waals surface area contributed by atoms with Crippen molar-refractivity contribution in [2.45, 2.75) is 57.6 Å². The number of aliphatic hydroxyl groups excluding tert-OH is 1. The number of aliphatic hydroxyl groups is 1. The maximum absolute atomic E-state index is 10.1. The summed E-state index contributed by atoms with van der Waals surface area (Å²) in [7, 11) is 0. The van der Waals surface area contributed by atoms with Gasteiger partial charge in [-0.1, -0.05) is 19.4 Å². The average molecular weight is 289 g/mol. The Hall–Kier alpha value is -0.800. The molecule has 3 aliphatic rings. The van der Waals surface area contributed by atoms with E-state index in [1.54, 1.807) is 0 Å². The van der Waals surface area contributed by atoms with Crippen LogP contribution in [0.15, 0.2) is 23.4 Å². The lowest BCUT2D eigenvalue weighted by molar-refractivity contribution is 0.133. The fourth-order valence-electron chi connectivity index (χ4n) is 3.61. The molecular weight excluding hydrogens is 260 g/mol. The molecule has 3 rings (SSSR count). The van der Waals surface area contributed by atoms with Crippen LogP contribution in [0.4, 0.5) is 0 Å². The number of allylic oxidation sites excluding steroid dienone is 2. The zero-order chi connectivity index (χ0) is 14.7. The van der Waals surface area contributed by atoms with Crippen LogP contribution in [0.25, 0.3) is 0 Å². The Balaban J connectivity index is 1.61. The van der Waals surface area contributed by atoms with Gasteiger partial charge < -0.3 is 10.0 Å². The van der Waals surface area contributed by atoms with Crippen LogP contribution in [0.1, 0.15) is 45.4 Å². The highest BCUT2D eigenvalue weighted by Crippen LogP contribution is 2.28. The second-order valence-corrected chi connectivity index (χ2v) is 6.60. The first kappa shape index (κ1) is 15.1. The van der Waals surface area contributed by atoms with Gasteiger partial charge in [-0.2, -0.15) is 0 Å². The smallest absolute Gasteiger partial charge is 0.0785 e. The fourth-order valence-corrected chi connectivity index (χ4v) is 3.61. The Bertz CT molecular complexity index is 411. The third kappa shape index (κ3) is 3.51. The van der Waals surface area contributed by atoms with Crippen molar-refractivity contribution in [3.63, 3.8) is 0 Å². The third-order valence-electron chi connectivity index (χ3n) is 5.25. The van der Waals surface area contributed by atoms with Crippen LogP contribution in [0.5, 0.6) is 0 Å². The van der Waals surface area contributed by atoms with Gasteiger partial charge in [-0.25, -0.2) is 0 Å². The van der Waals surface area contributed by atoms with E-state index in [1.807, 2.05) is 6.92 Å². The van der Waals surface area contributed by atoms with Crippen LogP contribution in [-0.2, 0) is 0 Å². The van der Waals surface area contributed by atoms with E-state index in [0.29, 0.717) is 0 Å². The van der Waals surface area contributed by atoms with Crippen molar-refractivity contribution in [3.05, 3.63) is 29.8 Å². The summed E-state index contributed by atoms with van der Waals surface area (Å²) in [6.07, 6.45) is 13.6. The molecule has 1 saturated carbocycles. The number of nitrogens with zero attached hydrogens (tertiary/aromatic N) is 2. The minimum absolute atomic E-state index is 0.299. The van der Waals surface area contributed by atoms with Gasteiger partial charge in [-0.15, -0.1) is 0 Å². The van der Waals surface area contributed by atoms with Crippen LogP contribution in [0, 0.1) is 6.42 Å². The first-order valence-electron chi connectivity index (χ1n) is 8.70. The highest BCUT2D eigenvalue weighted by atomic mass is 16.3. The second-order valence-electron chi connectivity index (χ2n) is 6.60. The molecule has 3 heteroatoms. The predicted molar refractivity (Wildman–Crippen MR) is 86.8 cm³/mol. The Morgan fingerprint density at radius 3 is 2.76 bits per heavy atom. The van der Waals surface area contributed by atoms with Gasteiger partial charge >= 0.3 is 0 Å². The molecule has 3 nitrogen and oxygen atoms in total. The van der Waals surface area contributed by atoms with Crippen molar-refractivity contribution in [1.82, 2.24) is 9.80 Å². The SMILES string of the molecule is CCC(O)C1=CC[CH]C(N2CCCN(C3CCC3)CC2)=C1. The number of rotatable bonds is 4. The van der Waals surface area contributed by atoms with Crippen LogP contribution >= 0.6 is 0 Å². The summed E-state index contributed by atoms with van der Waals surface area (Å²) >= 11 is 0. The molecular formula is C18H29N2O. The van der Waals surface area contributed by atoms with E-state index in [0.717, 1.165) is 37.5 Å². The molecule has 0 amide bonds.